The van der Waals surface area contributed by atoms with Crippen LogP contribution in [0.3, 0.4) is 0 Å². The minimum absolute atomic E-state index is 0.194. The number of halogens is 1. The van der Waals surface area contributed by atoms with Crippen molar-refractivity contribution in [2.75, 3.05) is 18.5 Å². The predicted octanol–water partition coefficient (Wildman–Crippen LogP) is 2.40. The molecule has 0 bridgehead atoms. The van der Waals surface area contributed by atoms with E-state index in [9.17, 15) is 9.18 Å². The molecule has 2 atom stereocenters. The van der Waals surface area contributed by atoms with Gasteiger partial charge < -0.3 is 10.1 Å². The Kier molecular flexibility index (Phi) is 4.89. The van der Waals surface area contributed by atoms with Crippen LogP contribution in [0.25, 0.3) is 0 Å². The zero-order chi connectivity index (χ0) is 14.5. The van der Waals surface area contributed by atoms with Crippen molar-refractivity contribution in [3.63, 3.8) is 0 Å². The summed E-state index contributed by atoms with van der Waals surface area (Å²) >= 11 is 0. The van der Waals surface area contributed by atoms with Gasteiger partial charge in [-0.3, -0.25) is 5.32 Å². The highest BCUT2D eigenvalue weighted by atomic mass is 19.1. The van der Waals surface area contributed by atoms with Crippen molar-refractivity contribution < 1.29 is 13.9 Å². The first-order valence-electron chi connectivity index (χ1n) is 6.84. The molecule has 2 N–H and O–H groups in total. The predicted molar refractivity (Wildman–Crippen MR) is 73.9 cm³/mol. The van der Waals surface area contributed by atoms with Crippen molar-refractivity contribution >= 4 is 11.8 Å². The number of carbonyl (C=O) groups is 1. The third kappa shape index (κ3) is 3.90. The number of urea groups is 1. The first kappa shape index (κ1) is 14.7. The SMILES string of the molecule is CC(C)C1OCCC1CNC(=O)Nc1ccc(F)cn1. The van der Waals surface area contributed by atoms with Crippen LogP contribution >= 0.6 is 0 Å². The second-order valence-corrected chi connectivity index (χ2v) is 5.32. The zero-order valence-corrected chi connectivity index (χ0v) is 11.7. The number of amides is 2. The molecule has 1 aliphatic heterocycles. The van der Waals surface area contributed by atoms with Crippen LogP contribution in [-0.2, 0) is 4.74 Å². The van der Waals surface area contributed by atoms with Gasteiger partial charge in [-0.25, -0.2) is 14.2 Å². The number of aromatic nitrogens is 1. The fourth-order valence-electron chi connectivity index (χ4n) is 2.44. The Labute approximate surface area is 117 Å². The summed E-state index contributed by atoms with van der Waals surface area (Å²) in [7, 11) is 0. The standard InChI is InChI=1S/C14H20FN3O2/c1-9(2)13-10(5-6-20-13)7-17-14(19)18-12-4-3-11(15)8-16-12/h3-4,8-10,13H,5-7H2,1-2H3,(H2,16,17,18,19). The number of nitrogens with zero attached hydrogens (tertiary/aromatic N) is 1. The lowest BCUT2D eigenvalue weighted by molar-refractivity contribution is 0.0546. The molecule has 5 nitrogen and oxygen atoms in total. The molecule has 20 heavy (non-hydrogen) atoms. The molecule has 2 rings (SSSR count). The fourth-order valence-corrected chi connectivity index (χ4v) is 2.44. The Balaban J connectivity index is 1.79. The van der Waals surface area contributed by atoms with Crippen LogP contribution in [0.2, 0.25) is 0 Å². The van der Waals surface area contributed by atoms with Crippen LogP contribution in [0.15, 0.2) is 18.3 Å². The quantitative estimate of drug-likeness (QED) is 0.890. The van der Waals surface area contributed by atoms with Gasteiger partial charge in [0.15, 0.2) is 0 Å². The normalized spacial score (nSPS) is 22.0. The van der Waals surface area contributed by atoms with Crippen LogP contribution < -0.4 is 10.6 Å². The Bertz CT molecular complexity index is 450. The highest BCUT2D eigenvalue weighted by molar-refractivity contribution is 5.88. The highest BCUT2D eigenvalue weighted by Crippen LogP contribution is 2.26. The molecule has 1 aromatic rings. The molecule has 1 aromatic heterocycles. The Morgan fingerprint density at radius 2 is 2.35 bits per heavy atom. The molecule has 0 spiro atoms. The van der Waals surface area contributed by atoms with Gasteiger partial charge in [-0.2, -0.15) is 0 Å². The third-order valence-electron chi connectivity index (χ3n) is 3.41. The van der Waals surface area contributed by atoms with E-state index < -0.39 is 5.82 Å². The average Bonchev–Trinajstić information content (AvgIpc) is 2.88. The van der Waals surface area contributed by atoms with E-state index in [1.54, 1.807) is 0 Å². The Morgan fingerprint density at radius 3 is 3.00 bits per heavy atom. The highest BCUT2D eigenvalue weighted by Gasteiger charge is 2.30. The number of hydrogen-bond donors (Lipinski definition) is 2. The number of pyridine rings is 1. The molecule has 1 saturated heterocycles. The lowest BCUT2D eigenvalue weighted by atomic mass is 9.93. The number of anilines is 1. The van der Waals surface area contributed by atoms with Gasteiger partial charge in [-0.1, -0.05) is 13.8 Å². The van der Waals surface area contributed by atoms with Gasteiger partial charge in [0.05, 0.1) is 12.3 Å². The van der Waals surface area contributed by atoms with Gasteiger partial charge >= 0.3 is 6.03 Å². The van der Waals surface area contributed by atoms with Crippen molar-refractivity contribution in [2.45, 2.75) is 26.4 Å². The molecule has 2 unspecified atom stereocenters. The largest absolute Gasteiger partial charge is 0.378 e. The summed E-state index contributed by atoms with van der Waals surface area (Å²) in [5, 5.41) is 5.38. The van der Waals surface area contributed by atoms with E-state index in [2.05, 4.69) is 29.5 Å². The molecule has 0 saturated carbocycles. The minimum atomic E-state index is -0.432. The molecule has 1 aliphatic rings. The zero-order valence-electron chi connectivity index (χ0n) is 11.7. The molecule has 110 valence electrons. The van der Waals surface area contributed by atoms with Crippen LogP contribution in [0.5, 0.6) is 0 Å². The summed E-state index contributed by atoms with van der Waals surface area (Å²) in [6, 6.07) is 2.34. The number of hydrogen-bond acceptors (Lipinski definition) is 3. The monoisotopic (exact) mass is 281 g/mol. The van der Waals surface area contributed by atoms with E-state index in [0.717, 1.165) is 19.2 Å². The lowest BCUT2D eigenvalue weighted by Gasteiger charge is -2.22. The summed E-state index contributed by atoms with van der Waals surface area (Å²) in [6.07, 6.45) is 2.21. The van der Waals surface area contributed by atoms with Crippen molar-refractivity contribution in [1.29, 1.82) is 0 Å². The number of carbonyl (C=O) groups excluding carboxylic acids is 1. The summed E-state index contributed by atoms with van der Waals surface area (Å²) in [5.41, 5.74) is 0. The smallest absolute Gasteiger partial charge is 0.320 e. The molecule has 2 amide bonds. The molecule has 0 aromatic carbocycles. The van der Waals surface area contributed by atoms with Crippen molar-refractivity contribution in [1.82, 2.24) is 10.3 Å². The second-order valence-electron chi connectivity index (χ2n) is 5.32. The third-order valence-corrected chi connectivity index (χ3v) is 3.41. The summed E-state index contributed by atoms with van der Waals surface area (Å²) < 4.78 is 18.4. The summed E-state index contributed by atoms with van der Waals surface area (Å²) in [5.74, 6) is 0.666. The van der Waals surface area contributed by atoms with E-state index in [-0.39, 0.29) is 12.1 Å². The topological polar surface area (TPSA) is 63.2 Å². The van der Waals surface area contributed by atoms with Crippen LogP contribution in [-0.4, -0.2) is 30.3 Å². The molecule has 0 aliphatic carbocycles. The fraction of sp³-hybridized carbons (Fsp3) is 0.571. The van der Waals surface area contributed by atoms with Crippen molar-refractivity contribution in [3.05, 3.63) is 24.1 Å². The second kappa shape index (κ2) is 6.65. The van der Waals surface area contributed by atoms with Crippen molar-refractivity contribution in [3.8, 4) is 0 Å². The maximum atomic E-state index is 12.7. The molecule has 1 fully saturated rings. The molecule has 6 heteroatoms. The van der Waals surface area contributed by atoms with E-state index in [1.165, 1.54) is 12.1 Å². The van der Waals surface area contributed by atoms with Crippen LogP contribution in [0.4, 0.5) is 15.0 Å². The van der Waals surface area contributed by atoms with Gasteiger partial charge in [-0.05, 0) is 24.5 Å². The maximum absolute atomic E-state index is 12.7. The van der Waals surface area contributed by atoms with Gasteiger partial charge in [0.2, 0.25) is 0 Å². The van der Waals surface area contributed by atoms with E-state index in [4.69, 9.17) is 4.74 Å². The number of rotatable bonds is 4. The van der Waals surface area contributed by atoms with E-state index in [0.29, 0.717) is 24.2 Å². The van der Waals surface area contributed by atoms with E-state index >= 15 is 0 Å². The van der Waals surface area contributed by atoms with E-state index in [1.807, 2.05) is 0 Å². The van der Waals surface area contributed by atoms with Crippen LogP contribution in [0.1, 0.15) is 20.3 Å². The van der Waals surface area contributed by atoms with Crippen LogP contribution in [0, 0.1) is 17.7 Å². The maximum Gasteiger partial charge on any atom is 0.320 e. The minimum Gasteiger partial charge on any atom is -0.378 e. The molecule has 0 radical (unpaired) electrons. The Hall–Kier alpha value is -1.69. The number of nitrogens with one attached hydrogen (secondary N) is 2. The molecular weight excluding hydrogens is 261 g/mol. The van der Waals surface area contributed by atoms with Crippen molar-refractivity contribution in [2.24, 2.45) is 11.8 Å². The van der Waals surface area contributed by atoms with Gasteiger partial charge in [0.25, 0.3) is 0 Å². The summed E-state index contributed by atoms with van der Waals surface area (Å²) in [4.78, 5) is 15.5. The molecule has 2 heterocycles. The van der Waals surface area contributed by atoms with Gasteiger partial charge in [0.1, 0.15) is 11.6 Å². The van der Waals surface area contributed by atoms with Gasteiger partial charge in [0, 0.05) is 19.1 Å². The number of ether oxygens (including phenoxy) is 1. The first-order chi connectivity index (χ1) is 9.56. The Morgan fingerprint density at radius 1 is 1.55 bits per heavy atom. The summed E-state index contributed by atoms with van der Waals surface area (Å²) in [6.45, 7) is 5.54. The average molecular weight is 281 g/mol. The first-order valence-corrected chi connectivity index (χ1v) is 6.84. The lowest BCUT2D eigenvalue weighted by Crippen LogP contribution is -2.37. The molecular formula is C14H20FN3O2. The van der Waals surface area contributed by atoms with Gasteiger partial charge in [-0.15, -0.1) is 0 Å².